The molecule has 0 radical (unpaired) electrons. The first-order valence-corrected chi connectivity index (χ1v) is 15.4. The van der Waals surface area contributed by atoms with Crippen molar-refractivity contribution in [3.63, 3.8) is 0 Å². The maximum Gasteiger partial charge on any atom is 0.217 e. The van der Waals surface area contributed by atoms with Crippen LogP contribution in [0.15, 0.2) is 0 Å². The number of unbranched alkanes of at least 4 members (excludes halogenated alkanes) is 5. The second-order valence-electron chi connectivity index (χ2n) is 11.7. The predicted molar refractivity (Wildman–Crippen MR) is 149 cm³/mol. The van der Waals surface area contributed by atoms with Gasteiger partial charge >= 0.3 is 0 Å². The number of hydrogen-bond acceptors (Lipinski definition) is 15. The van der Waals surface area contributed by atoms with Gasteiger partial charge in [0, 0.05) is 13.5 Å². The van der Waals surface area contributed by atoms with Crippen LogP contribution in [0, 0.1) is 0 Å². The molecule has 3 aliphatic heterocycles. The Morgan fingerprint density at radius 2 is 1.32 bits per heavy atom. The topological polar surface area (TPSA) is 246 Å². The van der Waals surface area contributed by atoms with Gasteiger partial charge in [-0.1, -0.05) is 39.0 Å². The third-order valence-corrected chi connectivity index (χ3v) is 8.20. The van der Waals surface area contributed by atoms with Crippen LogP contribution < -0.4 is 5.32 Å². The molecule has 3 saturated heterocycles. The minimum Gasteiger partial charge on any atom is -0.394 e. The molecule has 16 heteroatoms. The van der Waals surface area contributed by atoms with Crippen LogP contribution in [0.4, 0.5) is 0 Å². The summed E-state index contributed by atoms with van der Waals surface area (Å²) in [6, 6.07) is -1.12. The zero-order valence-corrected chi connectivity index (χ0v) is 25.5. The standard InChI is InChI=1S/C28H51NO15/c1-4-5-6-7-8-9-10-39-26-17(29-14(3)31)25(44-28-24(38)21(35)18(32)13(2)41-28)20(34)16(43-26)12-40-27-23(37)22(36)19(33)15(11-30)42-27/h13,15-28,30,32-38H,4-12H2,1-3H3,(H,29,31)/t13-,15+,16+,17+,18+,19-,20+,21+,22-,23+,24-,25+,26-,27+,28-/m0/s1. The average molecular weight is 642 g/mol. The Bertz CT molecular complexity index is 854. The van der Waals surface area contributed by atoms with Crippen LogP contribution in [0.25, 0.3) is 0 Å². The van der Waals surface area contributed by atoms with E-state index < -0.39 is 111 Å². The van der Waals surface area contributed by atoms with Gasteiger partial charge in [0.25, 0.3) is 0 Å². The van der Waals surface area contributed by atoms with Crippen molar-refractivity contribution in [2.24, 2.45) is 0 Å². The van der Waals surface area contributed by atoms with E-state index in [0.29, 0.717) is 6.42 Å². The molecule has 3 rings (SSSR count). The Kier molecular flexibility index (Phi) is 15.1. The smallest absolute Gasteiger partial charge is 0.217 e. The second kappa shape index (κ2) is 17.7. The fourth-order valence-electron chi connectivity index (χ4n) is 5.50. The molecule has 15 atom stereocenters. The molecule has 16 nitrogen and oxygen atoms in total. The van der Waals surface area contributed by atoms with Gasteiger partial charge in [-0.2, -0.15) is 0 Å². The zero-order chi connectivity index (χ0) is 32.6. The Morgan fingerprint density at radius 1 is 0.705 bits per heavy atom. The van der Waals surface area contributed by atoms with Gasteiger partial charge in [-0.15, -0.1) is 0 Å². The minimum absolute atomic E-state index is 0.237. The van der Waals surface area contributed by atoms with Crippen LogP contribution >= 0.6 is 0 Å². The molecular formula is C28H51NO15. The van der Waals surface area contributed by atoms with Crippen LogP contribution in [0.3, 0.4) is 0 Å². The van der Waals surface area contributed by atoms with Crippen molar-refractivity contribution in [2.75, 3.05) is 19.8 Å². The van der Waals surface area contributed by atoms with Crippen LogP contribution in [0.2, 0.25) is 0 Å². The molecule has 1 amide bonds. The van der Waals surface area contributed by atoms with Crippen molar-refractivity contribution in [1.82, 2.24) is 5.32 Å². The summed E-state index contributed by atoms with van der Waals surface area (Å²) in [5.41, 5.74) is 0. The maximum atomic E-state index is 12.2. The monoisotopic (exact) mass is 641 g/mol. The first-order valence-electron chi connectivity index (χ1n) is 15.4. The molecule has 0 aromatic carbocycles. The summed E-state index contributed by atoms with van der Waals surface area (Å²) < 4.78 is 34.5. The lowest BCUT2D eigenvalue weighted by Gasteiger charge is -2.48. The molecular weight excluding hydrogens is 590 g/mol. The predicted octanol–water partition coefficient (Wildman–Crippen LogP) is -3.02. The summed E-state index contributed by atoms with van der Waals surface area (Å²) in [5.74, 6) is -0.502. The number of rotatable bonds is 15. The van der Waals surface area contributed by atoms with Gasteiger partial charge in [0.15, 0.2) is 18.9 Å². The number of amides is 1. The molecule has 0 bridgehead atoms. The first kappa shape index (κ1) is 37.4. The van der Waals surface area contributed by atoms with Crippen molar-refractivity contribution in [3.8, 4) is 0 Å². The van der Waals surface area contributed by atoms with Crippen LogP contribution in [0.1, 0.15) is 59.3 Å². The van der Waals surface area contributed by atoms with Crippen molar-refractivity contribution in [1.29, 1.82) is 0 Å². The first-order chi connectivity index (χ1) is 20.9. The highest BCUT2D eigenvalue weighted by molar-refractivity contribution is 5.73. The lowest BCUT2D eigenvalue weighted by atomic mass is 9.95. The summed E-state index contributed by atoms with van der Waals surface area (Å²) in [4.78, 5) is 12.2. The third-order valence-electron chi connectivity index (χ3n) is 8.20. The number of hydrogen-bond donors (Lipinski definition) is 9. The van der Waals surface area contributed by atoms with Gasteiger partial charge in [0.1, 0.15) is 67.1 Å². The van der Waals surface area contributed by atoms with Gasteiger partial charge in [-0.3, -0.25) is 4.79 Å². The van der Waals surface area contributed by atoms with Gasteiger partial charge in [-0.25, -0.2) is 0 Å². The summed E-state index contributed by atoms with van der Waals surface area (Å²) in [6.45, 7) is 3.93. The summed E-state index contributed by atoms with van der Waals surface area (Å²) in [6.07, 6.45) is -14.4. The molecule has 0 aromatic heterocycles. The van der Waals surface area contributed by atoms with Crippen LogP contribution in [-0.4, -0.2) is 159 Å². The molecule has 258 valence electrons. The molecule has 9 N–H and O–H groups in total. The van der Waals surface area contributed by atoms with Gasteiger partial charge < -0.3 is 74.6 Å². The highest BCUT2D eigenvalue weighted by Crippen LogP contribution is 2.31. The second-order valence-corrected chi connectivity index (χ2v) is 11.7. The Balaban J connectivity index is 1.78. The van der Waals surface area contributed by atoms with Crippen LogP contribution in [-0.2, 0) is 33.2 Å². The van der Waals surface area contributed by atoms with E-state index in [2.05, 4.69) is 12.2 Å². The van der Waals surface area contributed by atoms with Gasteiger partial charge in [0.2, 0.25) is 5.91 Å². The summed E-state index contributed by atoms with van der Waals surface area (Å²) >= 11 is 0. The number of carbonyl (C=O) groups excluding carboxylic acids is 1. The fraction of sp³-hybridized carbons (Fsp3) is 0.964. The summed E-state index contributed by atoms with van der Waals surface area (Å²) in [5, 5.41) is 85.0. The largest absolute Gasteiger partial charge is 0.394 e. The van der Waals surface area contributed by atoms with Crippen LogP contribution in [0.5, 0.6) is 0 Å². The lowest BCUT2D eigenvalue weighted by Crippen LogP contribution is -2.68. The van der Waals surface area contributed by atoms with E-state index >= 15 is 0 Å². The number of nitrogens with one attached hydrogen (secondary N) is 1. The van der Waals surface area contributed by atoms with Crippen molar-refractivity contribution in [2.45, 2.75) is 151 Å². The highest BCUT2D eigenvalue weighted by atomic mass is 16.7. The van der Waals surface area contributed by atoms with E-state index in [4.69, 9.17) is 28.4 Å². The molecule has 44 heavy (non-hydrogen) atoms. The van der Waals surface area contributed by atoms with Crippen molar-refractivity contribution < 1.29 is 74.1 Å². The normalized spacial score (nSPS) is 43.1. The van der Waals surface area contributed by atoms with E-state index in [1.807, 2.05) is 0 Å². The molecule has 3 heterocycles. The highest BCUT2D eigenvalue weighted by Gasteiger charge is 2.52. The van der Waals surface area contributed by atoms with E-state index in [-0.39, 0.29) is 6.61 Å². The zero-order valence-electron chi connectivity index (χ0n) is 25.5. The minimum atomic E-state index is -1.71. The van der Waals surface area contributed by atoms with Gasteiger partial charge in [-0.05, 0) is 13.3 Å². The number of ether oxygens (including phenoxy) is 6. The lowest BCUT2D eigenvalue weighted by molar-refractivity contribution is -0.349. The molecule has 3 fully saturated rings. The van der Waals surface area contributed by atoms with E-state index in [9.17, 15) is 45.6 Å². The Labute approximate surface area is 256 Å². The quantitative estimate of drug-likeness (QED) is 0.0808. The SMILES string of the molecule is CCCCCCCCO[C@H]1O[C@H](CO[C@@H]2O[C@H](CO)[C@H](O)[C@H](O)[C@H]2O)[C@@H](O)[C@H](O[C@@H]2O[C@@H](C)[C@@H](O)[C@@H](O)[C@@H]2O)[C@H]1NC(C)=O. The van der Waals surface area contributed by atoms with E-state index in [1.54, 1.807) is 0 Å². The molecule has 0 saturated carbocycles. The van der Waals surface area contributed by atoms with Gasteiger partial charge in [0.05, 0.1) is 19.3 Å². The third kappa shape index (κ3) is 9.48. The van der Waals surface area contributed by atoms with Crippen molar-refractivity contribution >= 4 is 5.91 Å². The molecule has 0 aliphatic carbocycles. The molecule has 3 aliphatic rings. The Hall–Kier alpha value is -1.09. The van der Waals surface area contributed by atoms with E-state index in [1.165, 1.54) is 13.8 Å². The van der Waals surface area contributed by atoms with E-state index in [0.717, 1.165) is 32.1 Å². The molecule has 0 aromatic rings. The van der Waals surface area contributed by atoms with Crippen molar-refractivity contribution in [3.05, 3.63) is 0 Å². The fourth-order valence-corrected chi connectivity index (χ4v) is 5.50. The Morgan fingerprint density at radius 3 is 1.98 bits per heavy atom. The summed E-state index contributed by atoms with van der Waals surface area (Å²) in [7, 11) is 0. The number of aliphatic hydroxyl groups is 8. The number of carbonyl (C=O) groups is 1. The maximum absolute atomic E-state index is 12.2. The number of aliphatic hydroxyl groups excluding tert-OH is 8. The molecule has 0 unspecified atom stereocenters. The molecule has 0 spiro atoms. The average Bonchev–Trinajstić information content (AvgIpc) is 2.99.